The van der Waals surface area contributed by atoms with Crippen LogP contribution in [-0.2, 0) is 0 Å². The van der Waals surface area contributed by atoms with Gasteiger partial charge in [-0.05, 0) is 128 Å². The Morgan fingerprint density at radius 3 is 1.77 bits per heavy atom. The Kier molecular flexibility index (Phi) is 9.65. The standard InChI is InChI=1S/C48H42/c1-7-9-18-33(3)34(4)27-28-35(5)36(6)31-37(8-2)40-30-29-38-21-17-26-45(46(38)32-40)48-43-24-15-13-22-41(43)47(39-19-11-10-12-20-39)42-23-14-16-25-44(42)48/h7-32H,2,6H2,1,3-5H3/b9-7-,33-18+,34-27+,35-28+,37-31+. The van der Waals surface area contributed by atoms with Crippen molar-refractivity contribution in [3.05, 3.63) is 199 Å². The van der Waals surface area contributed by atoms with E-state index in [2.05, 4.69) is 180 Å². The Balaban J connectivity index is 1.50. The van der Waals surface area contributed by atoms with Gasteiger partial charge in [-0.15, -0.1) is 0 Å². The highest BCUT2D eigenvalue weighted by Gasteiger charge is 2.18. The van der Waals surface area contributed by atoms with E-state index in [1.165, 1.54) is 65.7 Å². The van der Waals surface area contributed by atoms with Crippen molar-refractivity contribution in [1.29, 1.82) is 0 Å². The van der Waals surface area contributed by atoms with Gasteiger partial charge < -0.3 is 0 Å². The van der Waals surface area contributed by atoms with Crippen molar-refractivity contribution in [2.75, 3.05) is 0 Å². The summed E-state index contributed by atoms with van der Waals surface area (Å²) >= 11 is 0. The predicted octanol–water partition coefficient (Wildman–Crippen LogP) is 14.0. The molecule has 0 heterocycles. The molecule has 0 nitrogen and oxygen atoms in total. The van der Waals surface area contributed by atoms with Crippen LogP contribution in [0, 0.1) is 0 Å². The summed E-state index contributed by atoms with van der Waals surface area (Å²) in [4.78, 5) is 0. The maximum atomic E-state index is 4.42. The fraction of sp³-hybridized carbons (Fsp3) is 0.0833. The van der Waals surface area contributed by atoms with E-state index in [4.69, 9.17) is 0 Å². The molecule has 6 aromatic carbocycles. The van der Waals surface area contributed by atoms with Gasteiger partial charge in [-0.25, -0.2) is 0 Å². The van der Waals surface area contributed by atoms with Gasteiger partial charge in [0.1, 0.15) is 0 Å². The van der Waals surface area contributed by atoms with Crippen LogP contribution in [0.25, 0.3) is 60.1 Å². The number of fused-ring (bicyclic) bond motifs is 3. The van der Waals surface area contributed by atoms with Crippen LogP contribution in [0.1, 0.15) is 33.3 Å². The Hall–Kier alpha value is -5.72. The third kappa shape index (κ3) is 6.43. The van der Waals surface area contributed by atoms with E-state index in [-0.39, 0.29) is 0 Å². The van der Waals surface area contributed by atoms with Crippen LogP contribution in [-0.4, -0.2) is 0 Å². The highest BCUT2D eigenvalue weighted by molar-refractivity contribution is 6.23. The molecule has 0 amide bonds. The summed E-state index contributed by atoms with van der Waals surface area (Å²) in [5, 5.41) is 7.43. The fourth-order valence-corrected chi connectivity index (χ4v) is 6.43. The van der Waals surface area contributed by atoms with Gasteiger partial charge in [0.15, 0.2) is 0 Å². The lowest BCUT2D eigenvalue weighted by Gasteiger charge is -2.19. The van der Waals surface area contributed by atoms with Gasteiger partial charge >= 0.3 is 0 Å². The lowest BCUT2D eigenvalue weighted by molar-refractivity contribution is 1.33. The molecular weight excluding hydrogens is 577 g/mol. The largest absolute Gasteiger partial charge is 0.0984 e. The lowest BCUT2D eigenvalue weighted by atomic mass is 9.84. The average Bonchev–Trinajstić information content (AvgIpc) is 3.13. The van der Waals surface area contributed by atoms with Crippen molar-refractivity contribution in [1.82, 2.24) is 0 Å². The molecule has 0 aliphatic heterocycles. The Morgan fingerprint density at radius 2 is 1.15 bits per heavy atom. The molecule has 0 aliphatic rings. The molecule has 0 radical (unpaired) electrons. The van der Waals surface area contributed by atoms with Gasteiger partial charge in [0, 0.05) is 0 Å². The molecule has 6 rings (SSSR count). The second kappa shape index (κ2) is 14.4. The Labute approximate surface area is 285 Å². The molecule has 0 aliphatic carbocycles. The summed E-state index contributed by atoms with van der Waals surface area (Å²) in [6.45, 7) is 17.0. The highest BCUT2D eigenvalue weighted by atomic mass is 14.2. The van der Waals surface area contributed by atoms with Crippen LogP contribution in [0.5, 0.6) is 0 Å². The molecule has 0 heteroatoms. The zero-order valence-electron chi connectivity index (χ0n) is 28.4. The first-order chi connectivity index (χ1) is 23.4. The van der Waals surface area contributed by atoms with Gasteiger partial charge in [0.2, 0.25) is 0 Å². The van der Waals surface area contributed by atoms with Gasteiger partial charge in [-0.2, -0.15) is 0 Å². The smallest absolute Gasteiger partial charge is 0.00201 e. The number of benzene rings is 6. The van der Waals surface area contributed by atoms with Crippen molar-refractivity contribution >= 4 is 37.9 Å². The summed E-state index contributed by atoms with van der Waals surface area (Å²) in [5.74, 6) is 0. The minimum atomic E-state index is 0.964. The maximum absolute atomic E-state index is 4.42. The van der Waals surface area contributed by atoms with E-state index >= 15 is 0 Å². The molecular formula is C48H42. The number of allylic oxidation sites excluding steroid dienone is 12. The molecule has 0 atom stereocenters. The third-order valence-corrected chi connectivity index (χ3v) is 9.28. The molecule has 0 bridgehead atoms. The van der Waals surface area contributed by atoms with Crippen LogP contribution < -0.4 is 0 Å². The van der Waals surface area contributed by atoms with Crippen LogP contribution in [0.2, 0.25) is 0 Å². The topological polar surface area (TPSA) is 0 Å². The summed E-state index contributed by atoms with van der Waals surface area (Å²) in [5.41, 5.74) is 11.7. The summed E-state index contributed by atoms with van der Waals surface area (Å²) in [7, 11) is 0. The maximum Gasteiger partial charge on any atom is -0.00201 e. The van der Waals surface area contributed by atoms with E-state index in [0.717, 1.165) is 22.3 Å². The molecule has 0 fully saturated rings. The van der Waals surface area contributed by atoms with Crippen molar-refractivity contribution in [2.24, 2.45) is 0 Å². The van der Waals surface area contributed by atoms with E-state index in [1.54, 1.807) is 0 Å². The van der Waals surface area contributed by atoms with E-state index in [0.29, 0.717) is 0 Å². The second-order valence-electron chi connectivity index (χ2n) is 12.4. The van der Waals surface area contributed by atoms with Gasteiger partial charge in [0.25, 0.3) is 0 Å². The first kappa shape index (κ1) is 32.2. The minimum Gasteiger partial charge on any atom is -0.0984 e. The fourth-order valence-electron chi connectivity index (χ4n) is 6.43. The third-order valence-electron chi connectivity index (χ3n) is 9.28. The van der Waals surface area contributed by atoms with Crippen molar-refractivity contribution in [2.45, 2.75) is 27.7 Å². The molecule has 0 spiro atoms. The molecule has 0 unspecified atom stereocenters. The lowest BCUT2D eigenvalue weighted by Crippen LogP contribution is -1.92. The molecule has 0 aromatic heterocycles. The Morgan fingerprint density at radius 1 is 0.562 bits per heavy atom. The monoisotopic (exact) mass is 618 g/mol. The number of hydrogen-bond acceptors (Lipinski definition) is 0. The highest BCUT2D eigenvalue weighted by Crippen LogP contribution is 2.45. The zero-order valence-corrected chi connectivity index (χ0v) is 28.4. The SMILES string of the molecule is C=C/C(=C\C(=C)/C(C)=C/C=C(C)/C(C)=C/C=C\C)c1ccc2cccc(-c3c4ccccc4c(-c4ccccc4)c4ccccc34)c2c1. The molecule has 0 saturated heterocycles. The van der Waals surface area contributed by atoms with E-state index in [1.807, 2.05) is 19.1 Å². The number of hydrogen-bond donors (Lipinski definition) is 0. The molecule has 6 aromatic rings. The van der Waals surface area contributed by atoms with Crippen LogP contribution in [0.3, 0.4) is 0 Å². The average molecular weight is 619 g/mol. The van der Waals surface area contributed by atoms with Gasteiger partial charge in [0.05, 0.1) is 0 Å². The summed E-state index contributed by atoms with van der Waals surface area (Å²) in [6, 6.07) is 41.8. The number of rotatable bonds is 9. The Bertz CT molecular complexity index is 2270. The normalized spacial score (nSPS) is 13.2. The second-order valence-corrected chi connectivity index (χ2v) is 12.4. The van der Waals surface area contributed by atoms with Crippen molar-refractivity contribution < 1.29 is 0 Å². The van der Waals surface area contributed by atoms with Gasteiger partial charge in [-0.3, -0.25) is 0 Å². The summed E-state index contributed by atoms with van der Waals surface area (Å²) in [6.07, 6.45) is 14.6. The van der Waals surface area contributed by atoms with E-state index in [9.17, 15) is 0 Å². The summed E-state index contributed by atoms with van der Waals surface area (Å²) < 4.78 is 0. The van der Waals surface area contributed by atoms with Crippen LogP contribution in [0.15, 0.2) is 193 Å². The minimum absolute atomic E-state index is 0.964. The van der Waals surface area contributed by atoms with Crippen LogP contribution >= 0.6 is 0 Å². The van der Waals surface area contributed by atoms with E-state index < -0.39 is 0 Å². The van der Waals surface area contributed by atoms with Gasteiger partial charge in [-0.1, -0.05) is 159 Å². The quantitative estimate of drug-likeness (QED) is 0.112. The first-order valence-electron chi connectivity index (χ1n) is 16.6. The molecule has 48 heavy (non-hydrogen) atoms. The zero-order chi connectivity index (χ0) is 33.6. The predicted molar refractivity (Wildman–Crippen MR) is 213 cm³/mol. The van der Waals surface area contributed by atoms with Crippen molar-refractivity contribution in [3.8, 4) is 22.3 Å². The first-order valence-corrected chi connectivity index (χ1v) is 16.6. The van der Waals surface area contributed by atoms with Crippen molar-refractivity contribution in [3.63, 3.8) is 0 Å². The molecule has 0 saturated carbocycles. The van der Waals surface area contributed by atoms with Crippen LogP contribution in [0.4, 0.5) is 0 Å². The molecule has 234 valence electrons. The molecule has 0 N–H and O–H groups in total.